The van der Waals surface area contributed by atoms with E-state index in [1.54, 1.807) is 0 Å². The summed E-state index contributed by atoms with van der Waals surface area (Å²) in [6, 6.07) is 0. The molecule has 0 aliphatic carbocycles. The van der Waals surface area contributed by atoms with Crippen molar-refractivity contribution in [3.8, 4) is 0 Å². The third-order valence-electron chi connectivity index (χ3n) is 2.69. The van der Waals surface area contributed by atoms with Crippen molar-refractivity contribution in [3.63, 3.8) is 0 Å². The highest BCUT2D eigenvalue weighted by Crippen LogP contribution is 2.32. The SMILES string of the molecule is CC(C)(C)OCC1(C(=O)O)CCOCC1. The number of hydrogen-bond acceptors (Lipinski definition) is 3. The number of carboxylic acid groups (broad SMARTS) is 1. The Balaban J connectivity index is 2.61. The van der Waals surface area contributed by atoms with Crippen LogP contribution < -0.4 is 0 Å². The van der Waals surface area contributed by atoms with E-state index in [0.717, 1.165) is 0 Å². The third-order valence-corrected chi connectivity index (χ3v) is 2.69. The van der Waals surface area contributed by atoms with Gasteiger partial charge in [0.05, 0.1) is 17.6 Å². The molecular weight excluding hydrogens is 196 g/mol. The molecule has 1 fully saturated rings. The Hall–Kier alpha value is -0.610. The topological polar surface area (TPSA) is 55.8 Å². The molecule has 1 aliphatic rings. The van der Waals surface area contributed by atoms with Gasteiger partial charge in [0.15, 0.2) is 0 Å². The summed E-state index contributed by atoms with van der Waals surface area (Å²) in [7, 11) is 0. The third kappa shape index (κ3) is 3.47. The molecule has 0 saturated carbocycles. The molecule has 0 amide bonds. The van der Waals surface area contributed by atoms with Crippen LogP contribution in [0, 0.1) is 5.41 Å². The summed E-state index contributed by atoms with van der Waals surface area (Å²) in [6.07, 6.45) is 1.08. The Kier molecular flexibility index (Phi) is 3.73. The molecule has 1 N–H and O–H groups in total. The lowest BCUT2D eigenvalue weighted by Crippen LogP contribution is -2.43. The fourth-order valence-electron chi connectivity index (χ4n) is 1.54. The average molecular weight is 216 g/mol. The Bertz CT molecular complexity index is 223. The number of ether oxygens (including phenoxy) is 2. The fraction of sp³-hybridized carbons (Fsp3) is 0.909. The van der Waals surface area contributed by atoms with Gasteiger partial charge in [-0.15, -0.1) is 0 Å². The van der Waals surface area contributed by atoms with Crippen LogP contribution in [0.4, 0.5) is 0 Å². The molecule has 0 unspecified atom stereocenters. The standard InChI is InChI=1S/C11H20O4/c1-10(2,3)15-8-11(9(12)13)4-6-14-7-5-11/h4-8H2,1-3H3,(H,12,13). The average Bonchev–Trinajstić information content (AvgIpc) is 2.15. The second kappa shape index (κ2) is 4.49. The van der Waals surface area contributed by atoms with Gasteiger partial charge < -0.3 is 14.6 Å². The first-order valence-electron chi connectivity index (χ1n) is 5.31. The maximum absolute atomic E-state index is 11.3. The summed E-state index contributed by atoms with van der Waals surface area (Å²) in [5.41, 5.74) is -1.04. The van der Waals surface area contributed by atoms with E-state index in [4.69, 9.17) is 9.47 Å². The highest BCUT2D eigenvalue weighted by molar-refractivity contribution is 5.74. The fourth-order valence-corrected chi connectivity index (χ4v) is 1.54. The summed E-state index contributed by atoms with van der Waals surface area (Å²) in [4.78, 5) is 11.3. The number of hydrogen-bond donors (Lipinski definition) is 1. The molecule has 0 spiro atoms. The van der Waals surface area contributed by atoms with Crippen molar-refractivity contribution in [2.24, 2.45) is 5.41 Å². The first-order chi connectivity index (χ1) is 6.86. The van der Waals surface area contributed by atoms with E-state index >= 15 is 0 Å². The van der Waals surface area contributed by atoms with Gasteiger partial charge in [-0.25, -0.2) is 0 Å². The second-order valence-corrected chi connectivity index (χ2v) is 5.10. The van der Waals surface area contributed by atoms with Gasteiger partial charge in [0.1, 0.15) is 0 Å². The molecule has 15 heavy (non-hydrogen) atoms. The highest BCUT2D eigenvalue weighted by atomic mass is 16.5. The van der Waals surface area contributed by atoms with Gasteiger partial charge in [0.25, 0.3) is 0 Å². The van der Waals surface area contributed by atoms with Gasteiger partial charge in [-0.2, -0.15) is 0 Å². The Labute approximate surface area is 90.6 Å². The molecule has 0 aromatic heterocycles. The number of carboxylic acids is 1. The predicted molar refractivity (Wildman–Crippen MR) is 55.8 cm³/mol. The van der Waals surface area contributed by atoms with Crippen LogP contribution in [-0.4, -0.2) is 36.5 Å². The lowest BCUT2D eigenvalue weighted by molar-refractivity contribution is -0.165. The van der Waals surface area contributed by atoms with E-state index in [0.29, 0.717) is 26.1 Å². The molecule has 1 rings (SSSR count). The van der Waals surface area contributed by atoms with Gasteiger partial charge in [0.2, 0.25) is 0 Å². The summed E-state index contributed by atoms with van der Waals surface area (Å²) in [5, 5.41) is 9.25. The van der Waals surface area contributed by atoms with Crippen molar-refractivity contribution >= 4 is 5.97 Å². The summed E-state index contributed by atoms with van der Waals surface area (Å²) >= 11 is 0. The van der Waals surface area contributed by atoms with Crippen LogP contribution >= 0.6 is 0 Å². The predicted octanol–water partition coefficient (Wildman–Crippen LogP) is 1.68. The normalized spacial score (nSPS) is 21.3. The molecule has 0 bridgehead atoms. The van der Waals surface area contributed by atoms with Crippen molar-refractivity contribution in [2.75, 3.05) is 19.8 Å². The molecule has 0 aromatic rings. The lowest BCUT2D eigenvalue weighted by atomic mass is 9.81. The van der Waals surface area contributed by atoms with E-state index in [-0.39, 0.29) is 12.2 Å². The van der Waals surface area contributed by atoms with Crippen molar-refractivity contribution in [1.82, 2.24) is 0 Å². The monoisotopic (exact) mass is 216 g/mol. The van der Waals surface area contributed by atoms with E-state index < -0.39 is 11.4 Å². The van der Waals surface area contributed by atoms with Crippen LogP contribution in [0.3, 0.4) is 0 Å². The quantitative estimate of drug-likeness (QED) is 0.780. The highest BCUT2D eigenvalue weighted by Gasteiger charge is 2.41. The minimum atomic E-state index is -0.768. The molecule has 1 saturated heterocycles. The Morgan fingerprint density at radius 3 is 2.33 bits per heavy atom. The van der Waals surface area contributed by atoms with Crippen LogP contribution in [0.1, 0.15) is 33.6 Å². The van der Waals surface area contributed by atoms with Crippen LogP contribution in [-0.2, 0) is 14.3 Å². The first kappa shape index (κ1) is 12.5. The van der Waals surface area contributed by atoms with Gasteiger partial charge >= 0.3 is 5.97 Å². The molecule has 1 aliphatic heterocycles. The van der Waals surface area contributed by atoms with Gasteiger partial charge in [-0.3, -0.25) is 4.79 Å². The van der Waals surface area contributed by atoms with Gasteiger partial charge in [-0.05, 0) is 33.6 Å². The van der Waals surface area contributed by atoms with Crippen LogP contribution in [0.15, 0.2) is 0 Å². The maximum atomic E-state index is 11.3. The van der Waals surface area contributed by atoms with Crippen LogP contribution in [0.25, 0.3) is 0 Å². The minimum Gasteiger partial charge on any atom is -0.481 e. The largest absolute Gasteiger partial charge is 0.481 e. The maximum Gasteiger partial charge on any atom is 0.312 e. The number of rotatable bonds is 3. The second-order valence-electron chi connectivity index (χ2n) is 5.10. The minimum absolute atomic E-state index is 0.273. The Morgan fingerprint density at radius 1 is 1.40 bits per heavy atom. The molecular formula is C11H20O4. The van der Waals surface area contributed by atoms with Crippen LogP contribution in [0.5, 0.6) is 0 Å². The van der Waals surface area contributed by atoms with Gasteiger partial charge in [0, 0.05) is 13.2 Å². The van der Waals surface area contributed by atoms with E-state index in [9.17, 15) is 9.90 Å². The van der Waals surface area contributed by atoms with Crippen molar-refractivity contribution in [3.05, 3.63) is 0 Å². The molecule has 0 radical (unpaired) electrons. The molecule has 4 nitrogen and oxygen atoms in total. The van der Waals surface area contributed by atoms with Gasteiger partial charge in [-0.1, -0.05) is 0 Å². The molecule has 0 atom stereocenters. The van der Waals surface area contributed by atoms with E-state index in [2.05, 4.69) is 0 Å². The van der Waals surface area contributed by atoms with Crippen molar-refractivity contribution < 1.29 is 19.4 Å². The summed E-state index contributed by atoms with van der Waals surface area (Å²) in [5.74, 6) is -0.768. The molecule has 0 aromatic carbocycles. The first-order valence-corrected chi connectivity index (χ1v) is 5.31. The smallest absolute Gasteiger partial charge is 0.312 e. The zero-order valence-electron chi connectivity index (χ0n) is 9.71. The summed E-state index contributed by atoms with van der Waals surface area (Å²) in [6.45, 7) is 7.10. The number of aliphatic carboxylic acids is 1. The van der Waals surface area contributed by atoms with E-state index in [1.807, 2.05) is 20.8 Å². The molecule has 88 valence electrons. The van der Waals surface area contributed by atoms with E-state index in [1.165, 1.54) is 0 Å². The lowest BCUT2D eigenvalue weighted by Gasteiger charge is -2.35. The zero-order chi connectivity index (χ0) is 11.5. The summed E-state index contributed by atoms with van der Waals surface area (Å²) < 4.78 is 10.8. The van der Waals surface area contributed by atoms with Crippen molar-refractivity contribution in [1.29, 1.82) is 0 Å². The zero-order valence-corrected chi connectivity index (χ0v) is 9.71. The molecule has 4 heteroatoms. The number of carbonyl (C=O) groups is 1. The van der Waals surface area contributed by atoms with Crippen molar-refractivity contribution in [2.45, 2.75) is 39.2 Å². The Morgan fingerprint density at radius 2 is 1.93 bits per heavy atom. The molecule has 1 heterocycles. The van der Waals surface area contributed by atoms with Crippen LogP contribution in [0.2, 0.25) is 0 Å².